The van der Waals surface area contributed by atoms with Gasteiger partial charge in [-0.05, 0) is 18.2 Å². The molecule has 0 saturated heterocycles. The summed E-state index contributed by atoms with van der Waals surface area (Å²) in [6.45, 7) is 0. The second-order valence-electron chi connectivity index (χ2n) is 3.90. The van der Waals surface area contributed by atoms with Crippen LogP contribution >= 0.6 is 0 Å². The van der Waals surface area contributed by atoms with Crippen LogP contribution in [0.15, 0.2) is 36.4 Å². The number of H-pyrrole nitrogens is 1. The van der Waals surface area contributed by atoms with Gasteiger partial charge in [-0.25, -0.2) is 0 Å². The highest BCUT2D eigenvalue weighted by molar-refractivity contribution is 6.33. The minimum Gasteiger partial charge on any atom is -0.508 e. The molecule has 72 valence electrons. The van der Waals surface area contributed by atoms with Crippen LogP contribution in [0.4, 0.5) is 0 Å². The summed E-state index contributed by atoms with van der Waals surface area (Å²) in [6, 6.07) is 11.7. The van der Waals surface area contributed by atoms with Gasteiger partial charge in [0.2, 0.25) is 0 Å². The Morgan fingerprint density at radius 1 is 0.933 bits per heavy atom. The molecule has 1 heterocycles. The van der Waals surface area contributed by atoms with E-state index in [1.807, 2.05) is 6.07 Å². The fraction of sp³-hybridized carbons (Fsp3) is 0. The molecule has 0 aliphatic heterocycles. The van der Waals surface area contributed by atoms with Crippen LogP contribution in [0.5, 0.6) is 5.75 Å². The molecule has 3 rings (SSSR count). The van der Waals surface area contributed by atoms with Crippen molar-refractivity contribution >= 4 is 35.1 Å². The Morgan fingerprint density at radius 3 is 2.67 bits per heavy atom. The average Bonchev–Trinajstić information content (AvgIpc) is 2.54. The molecule has 3 aromatic rings. The molecule has 15 heavy (non-hydrogen) atoms. The molecule has 3 heteroatoms. The van der Waals surface area contributed by atoms with Crippen LogP contribution in [-0.2, 0) is 0 Å². The van der Waals surface area contributed by atoms with E-state index in [0.29, 0.717) is 5.75 Å². The molecule has 2 N–H and O–H groups in total. The third kappa shape index (κ3) is 1.20. The van der Waals surface area contributed by atoms with Crippen molar-refractivity contribution in [2.75, 3.05) is 0 Å². The average molecular weight is 195 g/mol. The molecule has 0 fully saturated rings. The van der Waals surface area contributed by atoms with Gasteiger partial charge in [-0.1, -0.05) is 17.6 Å². The number of nitrogens with one attached hydrogen (secondary N) is 1. The second-order valence-corrected chi connectivity index (χ2v) is 3.90. The van der Waals surface area contributed by atoms with Gasteiger partial charge in [-0.3, -0.25) is 0 Å². The van der Waals surface area contributed by atoms with E-state index in [0.717, 1.165) is 16.4 Å². The van der Waals surface area contributed by atoms with E-state index in [4.69, 9.17) is 0 Å². The number of aromatic amines is 1. The van der Waals surface area contributed by atoms with Crippen LogP contribution in [0, 0.1) is 0 Å². The summed E-state index contributed by atoms with van der Waals surface area (Å²) in [7, 11) is 2.08. The van der Waals surface area contributed by atoms with Crippen molar-refractivity contribution in [1.82, 2.24) is 4.98 Å². The normalized spacial score (nSPS) is 11.2. The lowest BCUT2D eigenvalue weighted by Gasteiger charge is -1.93. The zero-order chi connectivity index (χ0) is 10.4. The number of phenols is 1. The molecule has 0 amide bonds. The Bertz CT molecular complexity index is 657. The molecule has 0 aliphatic carbocycles. The van der Waals surface area contributed by atoms with Gasteiger partial charge in [-0.15, -0.1) is 0 Å². The van der Waals surface area contributed by atoms with Gasteiger partial charge < -0.3 is 10.1 Å². The van der Waals surface area contributed by atoms with Crippen molar-refractivity contribution in [3.05, 3.63) is 36.4 Å². The summed E-state index contributed by atoms with van der Waals surface area (Å²) in [6.07, 6.45) is 0. The highest BCUT2D eigenvalue weighted by Gasteiger charge is 2.04. The first kappa shape index (κ1) is 8.42. The number of aromatic hydroxyl groups is 1. The summed E-state index contributed by atoms with van der Waals surface area (Å²) in [5.41, 5.74) is 3.34. The van der Waals surface area contributed by atoms with Crippen molar-refractivity contribution in [1.29, 1.82) is 0 Å². The third-order valence-corrected chi connectivity index (χ3v) is 2.74. The maximum absolute atomic E-state index is 9.39. The van der Waals surface area contributed by atoms with E-state index in [-0.39, 0.29) is 0 Å². The zero-order valence-electron chi connectivity index (χ0n) is 8.41. The smallest absolute Gasteiger partial charge is 0.139 e. The number of aromatic nitrogens is 1. The Balaban J connectivity index is 2.53. The van der Waals surface area contributed by atoms with E-state index >= 15 is 0 Å². The molecule has 0 aliphatic rings. The molecule has 0 unspecified atom stereocenters. The highest BCUT2D eigenvalue weighted by atomic mass is 16.3. The van der Waals surface area contributed by atoms with Crippen LogP contribution in [0.2, 0.25) is 0 Å². The first-order valence-corrected chi connectivity index (χ1v) is 4.95. The fourth-order valence-corrected chi connectivity index (χ4v) is 2.01. The fourth-order valence-electron chi connectivity index (χ4n) is 2.01. The van der Waals surface area contributed by atoms with Crippen LogP contribution < -0.4 is 5.46 Å². The summed E-state index contributed by atoms with van der Waals surface area (Å²) in [4.78, 5) is 3.29. The van der Waals surface area contributed by atoms with Crippen molar-refractivity contribution in [3.63, 3.8) is 0 Å². The molecular formula is C12H10BNO. The number of rotatable bonds is 0. The summed E-state index contributed by atoms with van der Waals surface area (Å²) < 4.78 is 0. The van der Waals surface area contributed by atoms with Crippen molar-refractivity contribution in [3.8, 4) is 5.75 Å². The predicted molar refractivity (Wildman–Crippen MR) is 65.6 cm³/mol. The highest BCUT2D eigenvalue weighted by Crippen LogP contribution is 2.26. The Kier molecular flexibility index (Phi) is 1.57. The molecule has 0 bridgehead atoms. The van der Waals surface area contributed by atoms with E-state index < -0.39 is 0 Å². The lowest BCUT2D eigenvalue weighted by atomic mass is 9.94. The number of fused-ring (bicyclic) bond motifs is 3. The van der Waals surface area contributed by atoms with Gasteiger partial charge >= 0.3 is 0 Å². The van der Waals surface area contributed by atoms with Gasteiger partial charge in [0.1, 0.15) is 13.6 Å². The predicted octanol–water partition coefficient (Wildman–Crippen LogP) is 1.29. The van der Waals surface area contributed by atoms with Crippen LogP contribution in [0.1, 0.15) is 0 Å². The zero-order valence-corrected chi connectivity index (χ0v) is 8.41. The standard InChI is InChI=1S/C12H10BNO/c13-7-1-4-11-10(5-7)9-3-2-8(15)6-12(9)14-11/h1-6,14-15H,13H2. The van der Waals surface area contributed by atoms with Gasteiger partial charge in [0.25, 0.3) is 0 Å². The lowest BCUT2D eigenvalue weighted by molar-refractivity contribution is 0.476. The van der Waals surface area contributed by atoms with E-state index in [2.05, 4.69) is 31.0 Å². The Labute approximate surface area is 87.9 Å². The second kappa shape index (κ2) is 2.80. The minimum absolute atomic E-state index is 0.297. The monoisotopic (exact) mass is 195 g/mol. The summed E-state index contributed by atoms with van der Waals surface area (Å²) >= 11 is 0. The van der Waals surface area contributed by atoms with Crippen molar-refractivity contribution in [2.24, 2.45) is 0 Å². The van der Waals surface area contributed by atoms with E-state index in [9.17, 15) is 5.11 Å². The third-order valence-electron chi connectivity index (χ3n) is 2.74. The van der Waals surface area contributed by atoms with Gasteiger partial charge in [0.05, 0.1) is 5.52 Å². The van der Waals surface area contributed by atoms with E-state index in [1.165, 1.54) is 10.8 Å². The van der Waals surface area contributed by atoms with Gasteiger partial charge in [0, 0.05) is 22.4 Å². The van der Waals surface area contributed by atoms with Crippen LogP contribution in [0.25, 0.3) is 21.8 Å². The topological polar surface area (TPSA) is 36.0 Å². The molecule has 0 radical (unpaired) electrons. The van der Waals surface area contributed by atoms with Crippen molar-refractivity contribution < 1.29 is 5.11 Å². The Morgan fingerprint density at radius 2 is 1.80 bits per heavy atom. The number of phenolic OH excluding ortho intramolecular Hbond substituents is 1. The SMILES string of the molecule is Bc1ccc2[nH]c3cc(O)ccc3c2c1. The maximum atomic E-state index is 9.39. The van der Waals surface area contributed by atoms with Gasteiger partial charge in [-0.2, -0.15) is 0 Å². The molecule has 2 aromatic carbocycles. The molecule has 0 spiro atoms. The Hall–Kier alpha value is -1.90. The lowest BCUT2D eigenvalue weighted by Crippen LogP contribution is -1.98. The first-order chi connectivity index (χ1) is 7.24. The molecule has 2 nitrogen and oxygen atoms in total. The molecule has 0 saturated carbocycles. The van der Waals surface area contributed by atoms with Crippen LogP contribution in [-0.4, -0.2) is 17.9 Å². The quantitative estimate of drug-likeness (QED) is 0.521. The maximum Gasteiger partial charge on any atom is 0.139 e. The van der Waals surface area contributed by atoms with Crippen LogP contribution in [0.3, 0.4) is 0 Å². The van der Waals surface area contributed by atoms with Crippen molar-refractivity contribution in [2.45, 2.75) is 0 Å². The molecule has 0 atom stereocenters. The van der Waals surface area contributed by atoms with E-state index in [1.54, 1.807) is 12.1 Å². The number of benzene rings is 2. The van der Waals surface area contributed by atoms with Gasteiger partial charge in [0.15, 0.2) is 0 Å². The largest absolute Gasteiger partial charge is 0.508 e. The molecule has 1 aromatic heterocycles. The first-order valence-electron chi connectivity index (χ1n) is 4.95. The molecular weight excluding hydrogens is 185 g/mol. The number of hydrogen-bond donors (Lipinski definition) is 2. The summed E-state index contributed by atoms with van der Waals surface area (Å²) in [5, 5.41) is 11.8. The minimum atomic E-state index is 0.297. The number of hydrogen-bond acceptors (Lipinski definition) is 1. The summed E-state index contributed by atoms with van der Waals surface area (Å²) in [5.74, 6) is 0.297.